The zero-order chi connectivity index (χ0) is 19.6. The number of nitrogens with two attached hydrogens (primary N) is 1. The summed E-state index contributed by atoms with van der Waals surface area (Å²) in [6.45, 7) is 0. The highest BCUT2D eigenvalue weighted by molar-refractivity contribution is 7.90. The minimum atomic E-state index is -3.57. The van der Waals surface area contributed by atoms with E-state index in [4.69, 9.17) is 33.4 Å². The molecule has 0 bridgehead atoms. The van der Waals surface area contributed by atoms with Crippen LogP contribution in [0.4, 0.5) is 11.4 Å². The Hall–Kier alpha value is -2.48. The molecule has 1 heterocycles. The van der Waals surface area contributed by atoms with Gasteiger partial charge in [-0.25, -0.2) is 8.42 Å². The van der Waals surface area contributed by atoms with Crippen LogP contribution in [0, 0.1) is 0 Å². The largest absolute Gasteiger partial charge is 0.455 e. The van der Waals surface area contributed by atoms with E-state index in [0.717, 1.165) is 0 Å². The van der Waals surface area contributed by atoms with Crippen molar-refractivity contribution in [1.29, 1.82) is 0 Å². The number of hydrogen-bond acceptors (Lipinski definition) is 5. The topological polar surface area (TPSA) is 102 Å². The molecular weight excluding hydrogens is 411 g/mol. The number of carbonyl (C=O) groups is 1. The molecule has 3 rings (SSSR count). The van der Waals surface area contributed by atoms with Crippen LogP contribution < -0.4 is 11.1 Å². The highest BCUT2D eigenvalue weighted by Gasteiger charge is 2.19. The Morgan fingerprint density at radius 2 is 1.67 bits per heavy atom. The first-order valence-electron chi connectivity index (χ1n) is 7.68. The van der Waals surface area contributed by atoms with E-state index in [0.29, 0.717) is 5.69 Å². The number of nitrogens with one attached hydrogen (secondary N) is 1. The highest BCUT2D eigenvalue weighted by Crippen LogP contribution is 2.31. The van der Waals surface area contributed by atoms with E-state index in [1.165, 1.54) is 36.4 Å². The molecule has 0 spiro atoms. The molecule has 0 aliphatic heterocycles. The molecule has 6 nitrogen and oxygen atoms in total. The monoisotopic (exact) mass is 424 g/mol. The molecule has 0 unspecified atom stereocenters. The number of benzene rings is 2. The summed E-state index contributed by atoms with van der Waals surface area (Å²) in [6, 6.07) is 13.7. The predicted octanol–water partition coefficient (Wildman–Crippen LogP) is 4.39. The average molecular weight is 425 g/mol. The van der Waals surface area contributed by atoms with Crippen LogP contribution in [0.2, 0.25) is 10.0 Å². The van der Waals surface area contributed by atoms with Crippen molar-refractivity contribution in [3.8, 4) is 0 Å². The van der Waals surface area contributed by atoms with E-state index in [-0.39, 0.29) is 37.9 Å². The van der Waals surface area contributed by atoms with Gasteiger partial charge < -0.3 is 15.5 Å². The Bertz CT molecular complexity index is 1070. The molecule has 0 atom stereocenters. The molecule has 140 valence electrons. The van der Waals surface area contributed by atoms with Gasteiger partial charge in [0.2, 0.25) is 0 Å². The van der Waals surface area contributed by atoms with Crippen LogP contribution in [0.15, 0.2) is 63.9 Å². The lowest BCUT2D eigenvalue weighted by Crippen LogP contribution is -2.11. The number of hydrogen-bond donors (Lipinski definition) is 2. The quantitative estimate of drug-likeness (QED) is 0.590. The summed E-state index contributed by atoms with van der Waals surface area (Å²) < 4.78 is 30.1. The minimum Gasteiger partial charge on any atom is -0.455 e. The van der Waals surface area contributed by atoms with E-state index < -0.39 is 15.7 Å². The summed E-state index contributed by atoms with van der Waals surface area (Å²) in [6.07, 6.45) is 0. The Balaban J connectivity index is 1.75. The van der Waals surface area contributed by atoms with Crippen LogP contribution in [0.3, 0.4) is 0 Å². The average Bonchev–Trinajstić information content (AvgIpc) is 3.08. The van der Waals surface area contributed by atoms with Gasteiger partial charge in [0.1, 0.15) is 11.5 Å². The molecule has 2 aromatic carbocycles. The van der Waals surface area contributed by atoms with Gasteiger partial charge in [-0.1, -0.05) is 41.4 Å². The summed E-state index contributed by atoms with van der Waals surface area (Å²) in [4.78, 5) is 12.5. The van der Waals surface area contributed by atoms with Gasteiger partial charge in [0, 0.05) is 5.69 Å². The Labute approximate surface area is 165 Å². The van der Waals surface area contributed by atoms with Crippen LogP contribution in [-0.2, 0) is 15.6 Å². The second-order valence-electron chi connectivity index (χ2n) is 5.65. The van der Waals surface area contributed by atoms with Crippen molar-refractivity contribution in [2.45, 2.75) is 10.6 Å². The number of carbonyl (C=O) groups excluding carboxylic acids is 1. The SMILES string of the molecule is Nc1c(Cl)cc(NC(=O)c2ccc(CS(=O)(=O)c3ccccc3)o2)cc1Cl. The number of anilines is 2. The molecule has 0 saturated carbocycles. The number of amides is 1. The first-order valence-corrected chi connectivity index (χ1v) is 10.1. The van der Waals surface area contributed by atoms with Crippen molar-refractivity contribution in [3.05, 3.63) is 76.2 Å². The molecule has 9 heteroatoms. The number of sulfone groups is 1. The Morgan fingerprint density at radius 1 is 1.04 bits per heavy atom. The third-order valence-corrected chi connectivity index (χ3v) is 5.94. The van der Waals surface area contributed by atoms with E-state index in [2.05, 4.69) is 5.32 Å². The number of nitrogen functional groups attached to an aromatic ring is 1. The standard InChI is InChI=1S/C18H14Cl2N2O4S/c19-14-8-11(9-15(20)17(14)21)22-18(23)16-7-6-12(26-16)10-27(24,25)13-4-2-1-3-5-13/h1-9H,10,21H2,(H,22,23). The lowest BCUT2D eigenvalue weighted by atomic mass is 10.2. The van der Waals surface area contributed by atoms with Gasteiger partial charge >= 0.3 is 0 Å². The predicted molar refractivity (Wildman–Crippen MR) is 105 cm³/mol. The maximum Gasteiger partial charge on any atom is 0.291 e. The fourth-order valence-corrected chi connectivity index (χ4v) is 4.08. The Kier molecular flexibility index (Phi) is 5.46. The van der Waals surface area contributed by atoms with Gasteiger partial charge in [0.15, 0.2) is 15.6 Å². The lowest BCUT2D eigenvalue weighted by Gasteiger charge is -2.07. The van der Waals surface area contributed by atoms with Gasteiger partial charge in [-0.05, 0) is 36.4 Å². The van der Waals surface area contributed by atoms with Crippen molar-refractivity contribution in [1.82, 2.24) is 0 Å². The molecule has 0 fully saturated rings. The van der Waals surface area contributed by atoms with Crippen LogP contribution in [0.1, 0.15) is 16.3 Å². The van der Waals surface area contributed by atoms with Gasteiger partial charge in [-0.3, -0.25) is 4.79 Å². The molecule has 0 saturated heterocycles. The van der Waals surface area contributed by atoms with E-state index >= 15 is 0 Å². The van der Waals surface area contributed by atoms with Gasteiger partial charge in [-0.15, -0.1) is 0 Å². The summed E-state index contributed by atoms with van der Waals surface area (Å²) in [5.41, 5.74) is 6.19. The normalized spacial score (nSPS) is 11.3. The minimum absolute atomic E-state index is 0.0441. The lowest BCUT2D eigenvalue weighted by molar-refractivity contribution is 0.0995. The zero-order valence-corrected chi connectivity index (χ0v) is 16.1. The zero-order valence-electron chi connectivity index (χ0n) is 13.8. The first-order chi connectivity index (χ1) is 12.8. The smallest absolute Gasteiger partial charge is 0.291 e. The van der Waals surface area contributed by atoms with Crippen LogP contribution in [0.25, 0.3) is 0 Å². The molecule has 27 heavy (non-hydrogen) atoms. The van der Waals surface area contributed by atoms with Gasteiger partial charge in [-0.2, -0.15) is 0 Å². The van der Waals surface area contributed by atoms with Crippen molar-refractivity contribution in [2.75, 3.05) is 11.1 Å². The van der Waals surface area contributed by atoms with Gasteiger partial charge in [0.05, 0.1) is 20.6 Å². The fourth-order valence-electron chi connectivity index (χ4n) is 2.33. The van der Waals surface area contributed by atoms with Crippen molar-refractivity contribution in [2.24, 2.45) is 0 Å². The van der Waals surface area contributed by atoms with Crippen molar-refractivity contribution >= 4 is 50.3 Å². The van der Waals surface area contributed by atoms with E-state index in [1.807, 2.05) is 0 Å². The third kappa shape index (κ3) is 4.44. The molecule has 0 radical (unpaired) electrons. The molecular formula is C18H14Cl2N2O4S. The van der Waals surface area contributed by atoms with E-state index in [9.17, 15) is 13.2 Å². The molecule has 0 aliphatic carbocycles. The van der Waals surface area contributed by atoms with Crippen LogP contribution >= 0.6 is 23.2 Å². The number of furan rings is 1. The maximum absolute atomic E-state index is 12.4. The number of rotatable bonds is 5. The second-order valence-corrected chi connectivity index (χ2v) is 8.45. The van der Waals surface area contributed by atoms with E-state index in [1.54, 1.807) is 18.2 Å². The second kappa shape index (κ2) is 7.64. The third-order valence-electron chi connectivity index (χ3n) is 3.66. The highest BCUT2D eigenvalue weighted by atomic mass is 35.5. The maximum atomic E-state index is 12.4. The number of halogens is 2. The molecule has 3 aromatic rings. The summed E-state index contributed by atoms with van der Waals surface area (Å²) in [5.74, 6) is -0.825. The van der Waals surface area contributed by atoms with Crippen molar-refractivity contribution < 1.29 is 17.6 Å². The molecule has 3 N–H and O–H groups in total. The van der Waals surface area contributed by atoms with Crippen LogP contribution in [0.5, 0.6) is 0 Å². The summed E-state index contributed by atoms with van der Waals surface area (Å²) >= 11 is 11.9. The van der Waals surface area contributed by atoms with Gasteiger partial charge in [0.25, 0.3) is 5.91 Å². The first kappa shape index (κ1) is 19.3. The molecule has 1 amide bonds. The summed E-state index contributed by atoms with van der Waals surface area (Å²) in [5, 5.41) is 2.97. The van der Waals surface area contributed by atoms with Crippen molar-refractivity contribution in [3.63, 3.8) is 0 Å². The molecule has 1 aromatic heterocycles. The fraction of sp³-hybridized carbons (Fsp3) is 0.0556. The Morgan fingerprint density at radius 3 is 2.30 bits per heavy atom. The summed E-state index contributed by atoms with van der Waals surface area (Å²) in [7, 11) is -3.57. The van der Waals surface area contributed by atoms with Crippen LogP contribution in [-0.4, -0.2) is 14.3 Å². The molecule has 0 aliphatic rings.